The molecule has 3 aromatic rings. The molecule has 8 nitrogen and oxygen atoms in total. The van der Waals surface area contributed by atoms with Gasteiger partial charge >= 0.3 is 6.18 Å². The van der Waals surface area contributed by atoms with Crippen LogP contribution in [-0.4, -0.2) is 30.8 Å². The summed E-state index contributed by atoms with van der Waals surface area (Å²) in [4.78, 5) is 19.0. The van der Waals surface area contributed by atoms with Gasteiger partial charge in [0.25, 0.3) is 15.9 Å². The fourth-order valence-corrected chi connectivity index (χ4v) is 3.89. The van der Waals surface area contributed by atoms with E-state index in [1.165, 1.54) is 30.3 Å². The molecule has 3 rings (SSSR count). The number of hydrogen-bond acceptors (Lipinski definition) is 6. The van der Waals surface area contributed by atoms with Crippen LogP contribution in [0.3, 0.4) is 0 Å². The lowest BCUT2D eigenvalue weighted by atomic mass is 10.2. The van der Waals surface area contributed by atoms with Crippen LogP contribution in [0.5, 0.6) is 11.6 Å². The molecule has 1 aromatic heterocycles. The average molecular weight is 501 g/mol. The van der Waals surface area contributed by atoms with E-state index < -0.39 is 37.6 Å². The van der Waals surface area contributed by atoms with Crippen LogP contribution in [0, 0.1) is 0 Å². The second kappa shape index (κ2) is 9.63. The highest BCUT2D eigenvalue weighted by Crippen LogP contribution is 2.36. The Kier molecular flexibility index (Phi) is 7.08. The highest BCUT2D eigenvalue weighted by molar-refractivity contribution is 7.92. The SMILES string of the molecule is CCNC(=O)c1cc(Oc2ccc(NS(=O)(=O)c3ccc(Cl)c(C(F)(F)F)c3)cc2)ncn1. The van der Waals surface area contributed by atoms with E-state index >= 15 is 0 Å². The topological polar surface area (TPSA) is 110 Å². The van der Waals surface area contributed by atoms with Gasteiger partial charge < -0.3 is 10.1 Å². The number of rotatable bonds is 7. The number of amides is 1. The lowest BCUT2D eigenvalue weighted by Gasteiger charge is -2.13. The molecule has 13 heteroatoms. The van der Waals surface area contributed by atoms with Crippen LogP contribution in [0.25, 0.3) is 0 Å². The molecule has 0 aliphatic carbocycles. The van der Waals surface area contributed by atoms with E-state index in [1.807, 2.05) is 0 Å². The summed E-state index contributed by atoms with van der Waals surface area (Å²) in [6.45, 7) is 2.18. The summed E-state index contributed by atoms with van der Waals surface area (Å²) in [5.74, 6) is -0.0461. The number of benzene rings is 2. The molecule has 0 spiro atoms. The van der Waals surface area contributed by atoms with Gasteiger partial charge in [-0.1, -0.05) is 11.6 Å². The number of carbonyl (C=O) groups excluding carboxylic acids is 1. The summed E-state index contributed by atoms with van der Waals surface area (Å²) < 4.78 is 71.8. The van der Waals surface area contributed by atoms with Gasteiger partial charge in [0.2, 0.25) is 5.88 Å². The van der Waals surface area contributed by atoms with Crippen LogP contribution in [0.4, 0.5) is 18.9 Å². The number of aromatic nitrogens is 2. The van der Waals surface area contributed by atoms with Gasteiger partial charge in [-0.25, -0.2) is 18.4 Å². The molecule has 0 aliphatic rings. The lowest BCUT2D eigenvalue weighted by molar-refractivity contribution is -0.137. The Labute approximate surface area is 191 Å². The maximum Gasteiger partial charge on any atom is 0.417 e. The van der Waals surface area contributed by atoms with Crippen molar-refractivity contribution in [2.24, 2.45) is 0 Å². The van der Waals surface area contributed by atoms with E-state index in [2.05, 4.69) is 20.0 Å². The van der Waals surface area contributed by atoms with E-state index in [1.54, 1.807) is 6.92 Å². The van der Waals surface area contributed by atoms with Gasteiger partial charge in [0.05, 0.1) is 15.5 Å². The fourth-order valence-electron chi connectivity index (χ4n) is 2.59. The van der Waals surface area contributed by atoms with Crippen molar-refractivity contribution in [1.82, 2.24) is 15.3 Å². The smallest absolute Gasteiger partial charge is 0.417 e. The van der Waals surface area contributed by atoms with E-state index in [0.717, 1.165) is 18.5 Å². The maximum atomic E-state index is 13.0. The summed E-state index contributed by atoms with van der Waals surface area (Å²) in [7, 11) is -4.32. The number of alkyl halides is 3. The van der Waals surface area contributed by atoms with E-state index in [0.29, 0.717) is 12.6 Å². The van der Waals surface area contributed by atoms with Crippen molar-refractivity contribution in [3.63, 3.8) is 0 Å². The van der Waals surface area contributed by atoms with Gasteiger partial charge in [0.1, 0.15) is 17.8 Å². The number of nitrogens with one attached hydrogen (secondary N) is 2. The van der Waals surface area contributed by atoms with Gasteiger partial charge in [0, 0.05) is 18.3 Å². The molecule has 1 amide bonds. The Morgan fingerprint density at radius 1 is 1.09 bits per heavy atom. The first kappa shape index (κ1) is 24.3. The summed E-state index contributed by atoms with van der Waals surface area (Å²) in [6, 6.07) is 9.15. The maximum absolute atomic E-state index is 13.0. The number of anilines is 1. The van der Waals surface area contributed by atoms with Gasteiger partial charge in [-0.05, 0) is 49.4 Å². The third kappa shape index (κ3) is 6.11. The molecule has 0 bridgehead atoms. The standard InChI is InChI=1S/C20H16ClF3N4O4S/c1-2-25-19(29)17-10-18(27-11-26-17)32-13-5-3-12(4-6-13)28-33(30,31)14-7-8-16(21)15(9-14)20(22,23)24/h3-11,28H,2H2,1H3,(H,25,29). The third-order valence-corrected chi connectivity index (χ3v) is 5.80. The second-order valence-electron chi connectivity index (χ2n) is 6.47. The highest BCUT2D eigenvalue weighted by Gasteiger charge is 2.34. The molecule has 1 heterocycles. The number of nitrogens with zero attached hydrogens (tertiary/aromatic N) is 2. The number of ether oxygens (including phenoxy) is 1. The van der Waals surface area contributed by atoms with Gasteiger partial charge in [-0.2, -0.15) is 13.2 Å². The monoisotopic (exact) mass is 500 g/mol. The molecule has 33 heavy (non-hydrogen) atoms. The predicted molar refractivity (Wildman–Crippen MR) is 114 cm³/mol. The minimum atomic E-state index is -4.81. The summed E-state index contributed by atoms with van der Waals surface area (Å²) in [5, 5.41) is 1.98. The van der Waals surface area contributed by atoms with Crippen LogP contribution in [0.2, 0.25) is 5.02 Å². The summed E-state index contributed by atoms with van der Waals surface area (Å²) in [5.41, 5.74) is -1.07. The zero-order chi connectivity index (χ0) is 24.2. The molecule has 0 atom stereocenters. The Balaban J connectivity index is 1.75. The van der Waals surface area contributed by atoms with E-state index in [-0.39, 0.29) is 23.0 Å². The molecule has 2 N–H and O–H groups in total. The number of halogens is 4. The Bertz CT molecular complexity index is 1270. The number of hydrogen-bond donors (Lipinski definition) is 2. The van der Waals surface area contributed by atoms with Crippen molar-refractivity contribution in [1.29, 1.82) is 0 Å². The molecule has 0 aliphatic heterocycles. The molecule has 0 radical (unpaired) electrons. The zero-order valence-electron chi connectivity index (χ0n) is 16.9. The summed E-state index contributed by atoms with van der Waals surface area (Å²) in [6.07, 6.45) is -3.65. The van der Waals surface area contributed by atoms with Crippen LogP contribution in [0.15, 0.2) is 59.8 Å². The minimum absolute atomic E-state index is 0.0801. The molecule has 0 saturated carbocycles. The average Bonchev–Trinajstić information content (AvgIpc) is 2.74. The van der Waals surface area contributed by atoms with Crippen LogP contribution < -0.4 is 14.8 Å². The van der Waals surface area contributed by atoms with Crippen molar-refractivity contribution in [3.8, 4) is 11.6 Å². The molecule has 2 aromatic carbocycles. The van der Waals surface area contributed by atoms with Crippen molar-refractivity contribution < 1.29 is 31.1 Å². The molecule has 174 valence electrons. The summed E-state index contributed by atoms with van der Waals surface area (Å²) >= 11 is 5.54. The van der Waals surface area contributed by atoms with Gasteiger partial charge in [-0.3, -0.25) is 9.52 Å². The van der Waals surface area contributed by atoms with Crippen molar-refractivity contribution in [3.05, 3.63) is 71.1 Å². The molecule has 0 unspecified atom stereocenters. The second-order valence-corrected chi connectivity index (χ2v) is 8.56. The van der Waals surface area contributed by atoms with Crippen LogP contribution in [0.1, 0.15) is 23.0 Å². The molecular formula is C20H16ClF3N4O4S. The Morgan fingerprint density at radius 3 is 2.42 bits per heavy atom. The lowest BCUT2D eigenvalue weighted by Crippen LogP contribution is -2.23. The molecule has 0 fully saturated rings. The van der Waals surface area contributed by atoms with Crippen molar-refractivity contribution in [2.75, 3.05) is 11.3 Å². The Morgan fingerprint density at radius 2 is 1.79 bits per heavy atom. The van der Waals surface area contributed by atoms with Crippen LogP contribution >= 0.6 is 11.6 Å². The first-order chi connectivity index (χ1) is 15.5. The minimum Gasteiger partial charge on any atom is -0.439 e. The highest BCUT2D eigenvalue weighted by atomic mass is 35.5. The van der Waals surface area contributed by atoms with E-state index in [9.17, 15) is 26.4 Å². The van der Waals surface area contributed by atoms with Gasteiger partial charge in [-0.15, -0.1) is 0 Å². The van der Waals surface area contributed by atoms with E-state index in [4.69, 9.17) is 16.3 Å². The van der Waals surface area contributed by atoms with Crippen molar-refractivity contribution in [2.45, 2.75) is 18.0 Å². The number of sulfonamides is 1. The zero-order valence-corrected chi connectivity index (χ0v) is 18.4. The Hall–Kier alpha value is -3.38. The molecule has 0 saturated heterocycles. The largest absolute Gasteiger partial charge is 0.439 e. The normalized spacial score (nSPS) is 11.7. The fraction of sp³-hybridized carbons (Fsp3) is 0.150. The van der Waals surface area contributed by atoms with Gasteiger partial charge in [0.15, 0.2) is 0 Å². The first-order valence-electron chi connectivity index (χ1n) is 9.27. The van der Waals surface area contributed by atoms with Crippen LogP contribution in [-0.2, 0) is 16.2 Å². The third-order valence-electron chi connectivity index (χ3n) is 4.09. The quantitative estimate of drug-likeness (QED) is 0.494. The predicted octanol–water partition coefficient (Wildman–Crippen LogP) is 4.49. The van der Waals surface area contributed by atoms with Crippen molar-refractivity contribution >= 4 is 33.2 Å². The molecular weight excluding hydrogens is 485 g/mol. The first-order valence-corrected chi connectivity index (χ1v) is 11.1. The number of carbonyl (C=O) groups is 1.